The molecule has 0 saturated carbocycles. The van der Waals surface area contributed by atoms with Gasteiger partial charge in [0.15, 0.2) is 6.10 Å². The first-order chi connectivity index (χ1) is 40.0. The van der Waals surface area contributed by atoms with Gasteiger partial charge >= 0.3 is 17.9 Å². The molecule has 0 bridgehead atoms. The molecule has 81 heavy (non-hydrogen) atoms. The molecule has 0 aliphatic carbocycles. The molecule has 1 unspecified atom stereocenters. The minimum absolute atomic E-state index is 0.0686. The number of rotatable bonds is 66. The predicted octanol–water partition coefficient (Wildman–Crippen LogP) is 24.7. The molecule has 0 aromatic carbocycles. The zero-order valence-electron chi connectivity index (χ0n) is 54.3. The zero-order chi connectivity index (χ0) is 58.5. The lowest BCUT2D eigenvalue weighted by molar-refractivity contribution is -0.167. The maximum absolute atomic E-state index is 12.9. The number of unbranched alkanes of at least 4 members (excludes halogenated alkanes) is 45. The summed E-state index contributed by atoms with van der Waals surface area (Å²) in [5.41, 5.74) is 0. The Hall–Kier alpha value is -2.89. The van der Waals surface area contributed by atoms with Gasteiger partial charge in [0, 0.05) is 19.3 Å². The molecule has 0 rings (SSSR count). The van der Waals surface area contributed by atoms with E-state index in [4.69, 9.17) is 14.2 Å². The van der Waals surface area contributed by atoms with Gasteiger partial charge in [-0.2, -0.15) is 0 Å². The van der Waals surface area contributed by atoms with Crippen LogP contribution in [0, 0.1) is 0 Å². The third-order valence-corrected chi connectivity index (χ3v) is 16.0. The van der Waals surface area contributed by atoms with Crippen LogP contribution in [0.2, 0.25) is 0 Å². The summed E-state index contributed by atoms with van der Waals surface area (Å²) in [5.74, 6) is -0.850. The van der Waals surface area contributed by atoms with E-state index in [1.165, 1.54) is 250 Å². The number of carbonyl (C=O) groups is 3. The fourth-order valence-corrected chi connectivity index (χ4v) is 10.7. The van der Waals surface area contributed by atoms with Gasteiger partial charge in [-0.1, -0.05) is 358 Å². The maximum Gasteiger partial charge on any atom is 0.306 e. The fourth-order valence-electron chi connectivity index (χ4n) is 10.7. The van der Waals surface area contributed by atoms with Gasteiger partial charge in [0.25, 0.3) is 0 Å². The SMILES string of the molecule is CC/C=C\C/C=C\C/C=C\C/C=C\C/C=C\CCCCCCCCCCCCCCCC(=O)OCC(COC(=O)CCCCCCCCCC)OC(=O)CCCCCCCCCCCCCCCCCCCCCCCCCCCC. The first kappa shape index (κ1) is 78.1. The van der Waals surface area contributed by atoms with Crippen molar-refractivity contribution in [3.63, 3.8) is 0 Å². The van der Waals surface area contributed by atoms with E-state index >= 15 is 0 Å². The number of ether oxygens (including phenoxy) is 3. The van der Waals surface area contributed by atoms with Crippen LogP contribution >= 0.6 is 0 Å². The summed E-state index contributed by atoms with van der Waals surface area (Å²) >= 11 is 0. The first-order valence-corrected chi connectivity index (χ1v) is 35.8. The molecule has 0 aliphatic heterocycles. The Balaban J connectivity index is 4.07. The molecular formula is C75H136O6. The minimum atomic E-state index is -0.770. The predicted molar refractivity (Wildman–Crippen MR) is 353 cm³/mol. The molecule has 0 fully saturated rings. The largest absolute Gasteiger partial charge is 0.462 e. The van der Waals surface area contributed by atoms with E-state index in [1.807, 2.05) is 0 Å². The highest BCUT2D eigenvalue weighted by Gasteiger charge is 2.19. The van der Waals surface area contributed by atoms with E-state index in [9.17, 15) is 14.4 Å². The lowest BCUT2D eigenvalue weighted by atomic mass is 10.0. The van der Waals surface area contributed by atoms with E-state index in [0.29, 0.717) is 19.3 Å². The van der Waals surface area contributed by atoms with Gasteiger partial charge in [0.2, 0.25) is 0 Å². The lowest BCUT2D eigenvalue weighted by Gasteiger charge is -2.18. The van der Waals surface area contributed by atoms with Gasteiger partial charge in [-0.25, -0.2) is 0 Å². The van der Waals surface area contributed by atoms with Crippen molar-refractivity contribution in [1.29, 1.82) is 0 Å². The van der Waals surface area contributed by atoms with Crippen molar-refractivity contribution in [2.24, 2.45) is 0 Å². The average Bonchev–Trinajstić information content (AvgIpc) is 3.47. The molecular weight excluding hydrogens is 997 g/mol. The van der Waals surface area contributed by atoms with Crippen LogP contribution in [-0.4, -0.2) is 37.2 Å². The normalized spacial score (nSPS) is 12.4. The van der Waals surface area contributed by atoms with Gasteiger partial charge in [0.05, 0.1) is 0 Å². The lowest BCUT2D eigenvalue weighted by Crippen LogP contribution is -2.30. The molecule has 472 valence electrons. The number of esters is 3. The molecule has 0 saturated heterocycles. The first-order valence-electron chi connectivity index (χ1n) is 35.8. The van der Waals surface area contributed by atoms with E-state index in [0.717, 1.165) is 89.9 Å². The van der Waals surface area contributed by atoms with Crippen molar-refractivity contribution in [2.45, 2.75) is 386 Å². The monoisotopic (exact) mass is 1130 g/mol. The molecule has 0 aromatic rings. The van der Waals surface area contributed by atoms with E-state index in [1.54, 1.807) is 0 Å². The molecule has 6 nitrogen and oxygen atoms in total. The molecule has 0 radical (unpaired) electrons. The summed E-state index contributed by atoms with van der Waals surface area (Å²) in [6.45, 7) is 6.56. The Morgan fingerprint density at radius 1 is 0.259 bits per heavy atom. The van der Waals surface area contributed by atoms with E-state index in [2.05, 4.69) is 81.5 Å². The summed E-state index contributed by atoms with van der Waals surface area (Å²) in [6, 6.07) is 0. The van der Waals surface area contributed by atoms with Crippen LogP contribution < -0.4 is 0 Å². The highest BCUT2D eigenvalue weighted by molar-refractivity contribution is 5.71. The summed E-state index contributed by atoms with van der Waals surface area (Å²) in [7, 11) is 0. The van der Waals surface area contributed by atoms with Crippen molar-refractivity contribution in [2.75, 3.05) is 13.2 Å². The Bertz CT molecular complexity index is 1440. The Morgan fingerprint density at radius 3 is 0.753 bits per heavy atom. The number of carbonyl (C=O) groups excluding carboxylic acids is 3. The molecule has 0 aromatic heterocycles. The van der Waals surface area contributed by atoms with Gasteiger partial charge in [-0.05, 0) is 64.2 Å². The van der Waals surface area contributed by atoms with Gasteiger partial charge in [0.1, 0.15) is 13.2 Å². The molecule has 0 spiro atoms. The third-order valence-electron chi connectivity index (χ3n) is 16.0. The molecule has 1 atom stereocenters. The topological polar surface area (TPSA) is 78.9 Å². The van der Waals surface area contributed by atoms with Crippen molar-refractivity contribution < 1.29 is 28.6 Å². The van der Waals surface area contributed by atoms with Gasteiger partial charge in [-0.15, -0.1) is 0 Å². The van der Waals surface area contributed by atoms with Crippen molar-refractivity contribution >= 4 is 17.9 Å². The molecule has 6 heteroatoms. The minimum Gasteiger partial charge on any atom is -0.462 e. The van der Waals surface area contributed by atoms with E-state index < -0.39 is 6.10 Å². The number of hydrogen-bond acceptors (Lipinski definition) is 6. The standard InChI is InChI=1S/C75H136O6/c1-4-7-10-13-16-19-21-23-25-27-29-31-33-35-37-38-39-41-42-44-46-48-50-52-54-56-59-62-65-68-74(77)80-71-72(70-79-73(76)67-64-61-58-18-15-12-9-6-3)81-75(78)69-66-63-60-57-55-53-51-49-47-45-43-40-36-34-32-30-28-26-24-22-20-17-14-11-8-5-2/h7,10,16,19,23,25,29,31,35,37,72H,4-6,8-9,11-15,17-18,20-22,24,26-28,30,32-34,36,38-71H2,1-3H3/b10-7-,19-16-,25-23-,31-29-,37-35-. The summed E-state index contributed by atoms with van der Waals surface area (Å²) < 4.78 is 16.9. The second-order valence-corrected chi connectivity index (χ2v) is 24.1. The molecule has 0 amide bonds. The Morgan fingerprint density at radius 2 is 0.481 bits per heavy atom. The van der Waals surface area contributed by atoms with Gasteiger partial charge in [-0.3, -0.25) is 14.4 Å². The van der Waals surface area contributed by atoms with Crippen molar-refractivity contribution in [1.82, 2.24) is 0 Å². The van der Waals surface area contributed by atoms with Crippen LogP contribution in [0.3, 0.4) is 0 Å². The number of hydrogen-bond donors (Lipinski definition) is 0. The molecule has 0 N–H and O–H groups in total. The zero-order valence-corrected chi connectivity index (χ0v) is 54.3. The second-order valence-electron chi connectivity index (χ2n) is 24.1. The number of allylic oxidation sites excluding steroid dienone is 10. The van der Waals surface area contributed by atoms with Crippen LogP contribution in [0.15, 0.2) is 60.8 Å². The maximum atomic E-state index is 12.9. The average molecular weight is 1130 g/mol. The quantitative estimate of drug-likeness (QED) is 0.0261. The highest BCUT2D eigenvalue weighted by Crippen LogP contribution is 2.19. The second kappa shape index (κ2) is 69.6. The molecule has 0 aliphatic rings. The van der Waals surface area contributed by atoms with Crippen LogP contribution in [0.5, 0.6) is 0 Å². The van der Waals surface area contributed by atoms with Crippen molar-refractivity contribution in [3.8, 4) is 0 Å². The van der Waals surface area contributed by atoms with Crippen LogP contribution in [0.1, 0.15) is 380 Å². The van der Waals surface area contributed by atoms with Crippen LogP contribution in [-0.2, 0) is 28.6 Å². The van der Waals surface area contributed by atoms with Gasteiger partial charge < -0.3 is 14.2 Å². The van der Waals surface area contributed by atoms with Crippen molar-refractivity contribution in [3.05, 3.63) is 60.8 Å². The summed E-state index contributed by atoms with van der Waals surface area (Å²) in [5, 5.41) is 0. The summed E-state index contributed by atoms with van der Waals surface area (Å²) in [4.78, 5) is 38.3. The molecule has 0 heterocycles. The highest BCUT2D eigenvalue weighted by atomic mass is 16.6. The Kier molecular flexibility index (Phi) is 67.1. The smallest absolute Gasteiger partial charge is 0.306 e. The Labute approximate surface area is 504 Å². The fraction of sp³-hybridized carbons (Fsp3) is 0.827. The van der Waals surface area contributed by atoms with Crippen LogP contribution in [0.4, 0.5) is 0 Å². The van der Waals surface area contributed by atoms with Crippen LogP contribution in [0.25, 0.3) is 0 Å². The van der Waals surface area contributed by atoms with E-state index in [-0.39, 0.29) is 31.1 Å². The third kappa shape index (κ3) is 67.8. The summed E-state index contributed by atoms with van der Waals surface area (Å²) in [6.07, 6.45) is 89.9.